The van der Waals surface area contributed by atoms with Crippen LogP contribution in [-0.2, 0) is 6.42 Å². The maximum absolute atomic E-state index is 8.62. The number of fused-ring (bicyclic) bond motifs is 2. The minimum Gasteiger partial charge on any atom is -0.357 e. The van der Waals surface area contributed by atoms with Crippen molar-refractivity contribution in [2.45, 2.75) is 44.9 Å². The van der Waals surface area contributed by atoms with Crippen LogP contribution in [-0.4, -0.2) is 67.6 Å². The number of benzene rings is 2. The summed E-state index contributed by atoms with van der Waals surface area (Å²) in [6.07, 6.45) is 7.74. The fraction of sp³-hybridized carbons (Fsp3) is 0.407. The third-order valence-electron chi connectivity index (χ3n) is 7.29. The van der Waals surface area contributed by atoms with Gasteiger partial charge in [-0.15, -0.1) is 0 Å². The van der Waals surface area contributed by atoms with Gasteiger partial charge in [-0.3, -0.25) is 10.8 Å². The van der Waals surface area contributed by atoms with E-state index in [2.05, 4.69) is 19.8 Å². The molecule has 0 radical (unpaired) electrons. The van der Waals surface area contributed by atoms with E-state index in [0.29, 0.717) is 18.1 Å². The van der Waals surface area contributed by atoms with Gasteiger partial charge in [0.1, 0.15) is 23.3 Å². The first-order chi connectivity index (χ1) is 17.1. The Morgan fingerprint density at radius 2 is 1.09 bits per heavy atom. The molecule has 4 heterocycles. The number of likely N-dealkylation sites (tertiary alicyclic amines) is 2. The number of imidazole rings is 2. The van der Waals surface area contributed by atoms with Crippen LogP contribution in [0.1, 0.15) is 61.3 Å². The lowest BCUT2D eigenvalue weighted by atomic mass is 10.1. The molecule has 2 saturated heterocycles. The molecule has 0 bridgehead atoms. The van der Waals surface area contributed by atoms with Gasteiger partial charge in [-0.05, 0) is 74.9 Å². The fourth-order valence-corrected chi connectivity index (χ4v) is 5.34. The molecular weight excluding hydrogens is 436 g/mol. The first kappa shape index (κ1) is 21.8. The number of rotatable bonds is 4. The quantitative estimate of drug-likeness (QED) is 0.258. The Bertz CT molecular complexity index is 1280. The Morgan fingerprint density at radius 1 is 0.657 bits per heavy atom. The SMILES string of the molecule is N=C(c1ccc2[nH]c(Cc3nc4cc(C(=N)N5CCCCC5)ccc4[nH]3)nc2c1)N1CCCCC1. The topological polar surface area (TPSA) is 112 Å². The van der Waals surface area contributed by atoms with Crippen molar-refractivity contribution in [3.05, 3.63) is 59.2 Å². The number of H-pyrrole nitrogens is 2. The van der Waals surface area contributed by atoms with E-state index in [9.17, 15) is 0 Å². The smallest absolute Gasteiger partial charge is 0.128 e. The second-order valence-electron chi connectivity index (χ2n) is 9.80. The maximum atomic E-state index is 8.62. The summed E-state index contributed by atoms with van der Waals surface area (Å²) in [7, 11) is 0. The Hall–Kier alpha value is -3.68. The third-order valence-corrected chi connectivity index (χ3v) is 7.29. The van der Waals surface area contributed by atoms with Gasteiger partial charge in [0.25, 0.3) is 0 Å². The van der Waals surface area contributed by atoms with E-state index in [4.69, 9.17) is 20.8 Å². The number of hydrogen-bond donors (Lipinski definition) is 4. The van der Waals surface area contributed by atoms with Gasteiger partial charge in [0, 0.05) is 37.3 Å². The molecule has 0 unspecified atom stereocenters. The van der Waals surface area contributed by atoms with Gasteiger partial charge in [-0.2, -0.15) is 0 Å². The maximum Gasteiger partial charge on any atom is 0.128 e. The molecule has 35 heavy (non-hydrogen) atoms. The van der Waals surface area contributed by atoms with Crippen molar-refractivity contribution in [1.29, 1.82) is 10.8 Å². The zero-order valence-corrected chi connectivity index (χ0v) is 20.0. The fourth-order valence-electron chi connectivity index (χ4n) is 5.34. The third kappa shape index (κ3) is 4.40. The van der Waals surface area contributed by atoms with Crippen molar-refractivity contribution in [3.63, 3.8) is 0 Å². The number of nitrogens with zero attached hydrogens (tertiary/aromatic N) is 4. The van der Waals surface area contributed by atoms with Gasteiger partial charge >= 0.3 is 0 Å². The van der Waals surface area contributed by atoms with Crippen LogP contribution in [0.4, 0.5) is 0 Å². The molecule has 8 nitrogen and oxygen atoms in total. The minimum absolute atomic E-state index is 0.571. The number of aromatic amines is 2. The van der Waals surface area contributed by atoms with Crippen molar-refractivity contribution in [2.24, 2.45) is 0 Å². The van der Waals surface area contributed by atoms with Crippen molar-refractivity contribution in [3.8, 4) is 0 Å². The normalized spacial score (nSPS) is 16.8. The van der Waals surface area contributed by atoms with Gasteiger partial charge in [0.05, 0.1) is 28.5 Å². The summed E-state index contributed by atoms with van der Waals surface area (Å²) < 4.78 is 0. The van der Waals surface area contributed by atoms with Gasteiger partial charge in [0.15, 0.2) is 0 Å². The Labute approximate surface area is 204 Å². The van der Waals surface area contributed by atoms with Gasteiger partial charge in [-0.25, -0.2) is 9.97 Å². The van der Waals surface area contributed by atoms with E-state index in [-0.39, 0.29) is 0 Å². The lowest BCUT2D eigenvalue weighted by Crippen LogP contribution is -2.35. The van der Waals surface area contributed by atoms with E-state index in [1.54, 1.807) is 0 Å². The van der Waals surface area contributed by atoms with Crippen molar-refractivity contribution < 1.29 is 0 Å². The molecule has 0 aliphatic carbocycles. The molecular formula is C27H32N8. The molecule has 4 aromatic rings. The summed E-state index contributed by atoms with van der Waals surface area (Å²) in [5.41, 5.74) is 5.56. The van der Waals surface area contributed by atoms with E-state index < -0.39 is 0 Å². The molecule has 8 heteroatoms. The molecule has 0 spiro atoms. The number of aromatic nitrogens is 4. The lowest BCUT2D eigenvalue weighted by Gasteiger charge is -2.29. The van der Waals surface area contributed by atoms with Crippen LogP contribution in [0.5, 0.6) is 0 Å². The van der Waals surface area contributed by atoms with E-state index >= 15 is 0 Å². The highest BCUT2D eigenvalue weighted by Gasteiger charge is 2.18. The van der Waals surface area contributed by atoms with Gasteiger partial charge in [0.2, 0.25) is 0 Å². The highest BCUT2D eigenvalue weighted by molar-refractivity contribution is 6.00. The number of amidine groups is 2. The Morgan fingerprint density at radius 3 is 1.51 bits per heavy atom. The summed E-state index contributed by atoms with van der Waals surface area (Å²) >= 11 is 0. The van der Waals surface area contributed by atoms with Crippen LogP contribution in [0.15, 0.2) is 36.4 Å². The molecule has 4 N–H and O–H groups in total. The monoisotopic (exact) mass is 468 g/mol. The minimum atomic E-state index is 0.571. The van der Waals surface area contributed by atoms with Crippen LogP contribution in [0.25, 0.3) is 22.1 Å². The van der Waals surface area contributed by atoms with E-state index in [1.165, 1.54) is 12.8 Å². The van der Waals surface area contributed by atoms with Crippen LogP contribution in [0.3, 0.4) is 0 Å². The summed E-state index contributed by atoms with van der Waals surface area (Å²) in [5.74, 6) is 2.89. The molecule has 6 rings (SSSR count). The lowest BCUT2D eigenvalue weighted by molar-refractivity contribution is 0.341. The van der Waals surface area contributed by atoms with Crippen LogP contribution in [0, 0.1) is 10.8 Å². The Kier molecular flexibility index (Phi) is 5.72. The molecule has 2 aromatic carbocycles. The summed E-state index contributed by atoms with van der Waals surface area (Å²) in [5, 5.41) is 17.2. The zero-order chi connectivity index (χ0) is 23.8. The highest BCUT2D eigenvalue weighted by atomic mass is 15.2. The molecule has 2 fully saturated rings. The predicted octanol–water partition coefficient (Wildman–Crippen LogP) is 4.65. The zero-order valence-electron chi connectivity index (χ0n) is 20.0. The molecule has 180 valence electrons. The number of nitrogens with one attached hydrogen (secondary N) is 4. The summed E-state index contributed by atoms with van der Waals surface area (Å²) in [4.78, 5) is 20.8. The summed E-state index contributed by atoms with van der Waals surface area (Å²) in [6, 6.07) is 12.1. The van der Waals surface area contributed by atoms with Crippen molar-refractivity contribution >= 4 is 33.7 Å². The van der Waals surface area contributed by atoms with E-state index in [0.717, 1.165) is 96.7 Å². The second kappa shape index (κ2) is 9.17. The van der Waals surface area contributed by atoms with E-state index in [1.807, 2.05) is 36.4 Å². The van der Waals surface area contributed by atoms with Crippen molar-refractivity contribution in [1.82, 2.24) is 29.7 Å². The number of hydrogen-bond acceptors (Lipinski definition) is 4. The average molecular weight is 469 g/mol. The van der Waals surface area contributed by atoms with Crippen LogP contribution in [0.2, 0.25) is 0 Å². The second-order valence-corrected chi connectivity index (χ2v) is 9.80. The molecule has 0 atom stereocenters. The standard InChI is InChI=1S/C27H32N8/c28-26(34-11-3-1-4-12-34)18-7-9-20-22(15-18)32-24(30-20)17-25-31-21-10-8-19(16-23(21)33-25)27(29)35-13-5-2-6-14-35/h7-10,15-16,28-29H,1-6,11-14,17H2,(H,30,32)(H,31,33). The van der Waals surface area contributed by atoms with Crippen LogP contribution < -0.4 is 0 Å². The average Bonchev–Trinajstić information content (AvgIpc) is 3.50. The number of piperidine rings is 2. The highest BCUT2D eigenvalue weighted by Crippen LogP contribution is 2.21. The molecule has 2 aromatic heterocycles. The largest absolute Gasteiger partial charge is 0.357 e. The van der Waals surface area contributed by atoms with Crippen molar-refractivity contribution in [2.75, 3.05) is 26.2 Å². The molecule has 0 saturated carbocycles. The van der Waals surface area contributed by atoms with Gasteiger partial charge in [-0.1, -0.05) is 0 Å². The first-order valence-electron chi connectivity index (χ1n) is 12.8. The predicted molar refractivity (Wildman–Crippen MR) is 139 cm³/mol. The van der Waals surface area contributed by atoms with Crippen LogP contribution >= 0.6 is 0 Å². The Balaban J connectivity index is 1.20. The van der Waals surface area contributed by atoms with Gasteiger partial charge < -0.3 is 19.8 Å². The summed E-state index contributed by atoms with van der Waals surface area (Å²) in [6.45, 7) is 3.86. The molecule has 0 amide bonds. The molecule has 2 aliphatic rings. The molecule has 2 aliphatic heterocycles. The first-order valence-corrected chi connectivity index (χ1v) is 12.8.